The quantitative estimate of drug-likeness (QED) is 0.492. The number of carbonyl (C=O) groups is 1. The predicted octanol–water partition coefficient (Wildman–Crippen LogP) is 5.75. The number of benzene rings is 2. The Balaban J connectivity index is 2.21. The fourth-order valence-corrected chi connectivity index (χ4v) is 2.64. The van der Waals surface area contributed by atoms with Crippen LogP contribution in [-0.4, -0.2) is 12.1 Å². The second-order valence-corrected chi connectivity index (χ2v) is 7.89. The Hall–Kier alpha value is -1.81. The number of hydrogen-bond acceptors (Lipinski definition) is 3. The Morgan fingerprint density at radius 1 is 1.04 bits per heavy atom. The highest BCUT2D eigenvalue weighted by Gasteiger charge is 2.21. The van der Waals surface area contributed by atoms with Crippen LogP contribution in [-0.2, 0) is 5.41 Å². The van der Waals surface area contributed by atoms with Gasteiger partial charge in [-0.3, -0.25) is 0 Å². The minimum atomic E-state index is -0.376. The van der Waals surface area contributed by atoms with E-state index in [4.69, 9.17) is 9.47 Å². The lowest BCUT2D eigenvalue weighted by Gasteiger charge is -2.22. The van der Waals surface area contributed by atoms with Crippen molar-refractivity contribution in [1.29, 1.82) is 0 Å². The van der Waals surface area contributed by atoms with Crippen LogP contribution in [0.1, 0.15) is 50.5 Å². The molecule has 2 aromatic rings. The van der Waals surface area contributed by atoms with Gasteiger partial charge < -0.3 is 9.47 Å². The molecule has 2 rings (SSSR count). The molecular weight excluding hydrogens is 368 g/mol. The van der Waals surface area contributed by atoms with Crippen LogP contribution in [0.2, 0.25) is 0 Å². The summed E-state index contributed by atoms with van der Waals surface area (Å²) in [5.41, 5.74) is 1.34. The van der Waals surface area contributed by atoms with Gasteiger partial charge in [-0.2, -0.15) is 0 Å². The van der Waals surface area contributed by atoms with E-state index in [-0.39, 0.29) is 17.5 Å². The normalized spacial score (nSPS) is 11.5. The van der Waals surface area contributed by atoms with Crippen molar-refractivity contribution in [1.82, 2.24) is 0 Å². The number of hydrogen-bond donors (Lipinski definition) is 0. The second-order valence-electron chi connectivity index (χ2n) is 6.97. The summed E-state index contributed by atoms with van der Waals surface area (Å²) in [6.07, 6.45) is 0.0971. The van der Waals surface area contributed by atoms with Crippen molar-refractivity contribution >= 4 is 21.9 Å². The Kier molecular flexibility index (Phi) is 5.70. The van der Waals surface area contributed by atoms with Gasteiger partial charge in [0.05, 0.1) is 11.7 Å². The van der Waals surface area contributed by atoms with Crippen LogP contribution < -0.4 is 9.47 Å². The van der Waals surface area contributed by atoms with Crippen molar-refractivity contribution < 1.29 is 14.3 Å². The van der Waals surface area contributed by atoms with E-state index in [2.05, 4.69) is 36.7 Å². The highest BCUT2D eigenvalue weighted by molar-refractivity contribution is 9.10. The molecule has 0 aliphatic rings. The minimum absolute atomic E-state index is 0.0971. The summed E-state index contributed by atoms with van der Waals surface area (Å²) < 4.78 is 12.2. The molecule has 2 aromatic carbocycles. The maximum atomic E-state index is 12.4. The standard InChI is InChI=1S/C20H23BrO3/c1-13(2)23-16-9-6-14(7-10-16)19(22)24-18-11-8-15(21)12-17(18)20(3,4)5/h6-13H,1-5H3. The average molecular weight is 391 g/mol. The van der Waals surface area contributed by atoms with Crippen molar-refractivity contribution in [3.63, 3.8) is 0 Å². The van der Waals surface area contributed by atoms with E-state index < -0.39 is 0 Å². The van der Waals surface area contributed by atoms with E-state index >= 15 is 0 Å². The molecule has 0 atom stereocenters. The molecule has 3 nitrogen and oxygen atoms in total. The molecule has 0 aliphatic carbocycles. The van der Waals surface area contributed by atoms with Gasteiger partial charge >= 0.3 is 5.97 Å². The Labute approximate surface area is 152 Å². The van der Waals surface area contributed by atoms with E-state index in [1.165, 1.54) is 0 Å². The minimum Gasteiger partial charge on any atom is -0.491 e. The molecule has 4 heteroatoms. The van der Waals surface area contributed by atoms with E-state index in [0.717, 1.165) is 15.8 Å². The second kappa shape index (κ2) is 7.39. The lowest BCUT2D eigenvalue weighted by Crippen LogP contribution is -2.16. The molecule has 0 aromatic heterocycles. The van der Waals surface area contributed by atoms with Crippen LogP contribution in [0.25, 0.3) is 0 Å². The summed E-state index contributed by atoms with van der Waals surface area (Å²) in [5.74, 6) is 0.942. The van der Waals surface area contributed by atoms with Gasteiger partial charge in [-0.05, 0) is 61.7 Å². The SMILES string of the molecule is CC(C)Oc1ccc(C(=O)Oc2ccc(Br)cc2C(C)(C)C)cc1. The molecule has 0 saturated heterocycles. The Morgan fingerprint density at radius 3 is 2.21 bits per heavy atom. The molecule has 0 spiro atoms. The Bertz CT molecular complexity index is 713. The van der Waals surface area contributed by atoms with Crippen molar-refractivity contribution in [3.8, 4) is 11.5 Å². The predicted molar refractivity (Wildman–Crippen MR) is 100 cm³/mol. The van der Waals surface area contributed by atoms with Gasteiger partial charge in [0.25, 0.3) is 0 Å². The van der Waals surface area contributed by atoms with Gasteiger partial charge in [-0.15, -0.1) is 0 Å². The molecule has 0 saturated carbocycles. The summed E-state index contributed by atoms with van der Waals surface area (Å²) in [6.45, 7) is 10.2. The van der Waals surface area contributed by atoms with Crippen LogP contribution >= 0.6 is 15.9 Å². The summed E-state index contributed by atoms with van der Waals surface area (Å²) in [4.78, 5) is 12.4. The van der Waals surface area contributed by atoms with Crippen LogP contribution in [0, 0.1) is 0 Å². The van der Waals surface area contributed by atoms with Gasteiger partial charge in [0.15, 0.2) is 0 Å². The summed E-state index contributed by atoms with van der Waals surface area (Å²) in [7, 11) is 0. The molecule has 0 unspecified atom stereocenters. The fourth-order valence-electron chi connectivity index (χ4n) is 2.28. The lowest BCUT2D eigenvalue weighted by atomic mass is 9.86. The van der Waals surface area contributed by atoms with Gasteiger partial charge in [-0.1, -0.05) is 36.7 Å². The molecular formula is C20H23BrO3. The van der Waals surface area contributed by atoms with Crippen LogP contribution in [0.15, 0.2) is 46.9 Å². The summed E-state index contributed by atoms with van der Waals surface area (Å²) in [6, 6.07) is 12.7. The van der Waals surface area contributed by atoms with Crippen LogP contribution in [0.3, 0.4) is 0 Å². The van der Waals surface area contributed by atoms with Gasteiger partial charge in [0.1, 0.15) is 11.5 Å². The molecule has 0 fully saturated rings. The maximum absolute atomic E-state index is 12.4. The topological polar surface area (TPSA) is 35.5 Å². The zero-order valence-electron chi connectivity index (χ0n) is 14.7. The van der Waals surface area contributed by atoms with E-state index in [0.29, 0.717) is 11.3 Å². The van der Waals surface area contributed by atoms with Gasteiger partial charge in [-0.25, -0.2) is 4.79 Å². The molecule has 0 N–H and O–H groups in total. The van der Waals surface area contributed by atoms with Gasteiger partial charge in [0, 0.05) is 10.0 Å². The van der Waals surface area contributed by atoms with E-state index in [9.17, 15) is 4.79 Å². The zero-order chi connectivity index (χ0) is 17.9. The van der Waals surface area contributed by atoms with Gasteiger partial charge in [0.2, 0.25) is 0 Å². The molecule has 24 heavy (non-hydrogen) atoms. The zero-order valence-corrected chi connectivity index (χ0v) is 16.3. The first-order valence-electron chi connectivity index (χ1n) is 7.96. The van der Waals surface area contributed by atoms with Crippen molar-refractivity contribution in [2.24, 2.45) is 0 Å². The Morgan fingerprint density at radius 2 is 1.67 bits per heavy atom. The smallest absolute Gasteiger partial charge is 0.343 e. The highest BCUT2D eigenvalue weighted by Crippen LogP contribution is 2.34. The molecule has 0 bridgehead atoms. The third kappa shape index (κ3) is 4.84. The first-order chi connectivity index (χ1) is 11.2. The monoisotopic (exact) mass is 390 g/mol. The molecule has 0 aliphatic heterocycles. The maximum Gasteiger partial charge on any atom is 0.343 e. The highest BCUT2D eigenvalue weighted by atomic mass is 79.9. The number of ether oxygens (including phenoxy) is 2. The number of halogens is 1. The van der Waals surface area contributed by atoms with E-state index in [1.807, 2.05) is 32.0 Å². The molecule has 128 valence electrons. The third-order valence-corrected chi connectivity index (χ3v) is 3.91. The molecule has 0 heterocycles. The van der Waals surface area contributed by atoms with Crippen molar-refractivity contribution in [3.05, 3.63) is 58.1 Å². The number of rotatable bonds is 4. The van der Waals surface area contributed by atoms with Crippen LogP contribution in [0.4, 0.5) is 0 Å². The number of esters is 1. The van der Waals surface area contributed by atoms with Crippen molar-refractivity contribution in [2.75, 3.05) is 0 Å². The molecule has 0 radical (unpaired) electrons. The molecule has 0 amide bonds. The average Bonchev–Trinajstić information content (AvgIpc) is 2.48. The number of carbonyl (C=O) groups excluding carboxylic acids is 1. The van der Waals surface area contributed by atoms with Crippen LogP contribution in [0.5, 0.6) is 11.5 Å². The fraction of sp³-hybridized carbons (Fsp3) is 0.350. The third-order valence-electron chi connectivity index (χ3n) is 3.41. The van der Waals surface area contributed by atoms with E-state index in [1.54, 1.807) is 24.3 Å². The summed E-state index contributed by atoms with van der Waals surface area (Å²) in [5, 5.41) is 0. The first kappa shape index (κ1) is 18.5. The largest absolute Gasteiger partial charge is 0.491 e. The lowest BCUT2D eigenvalue weighted by molar-refractivity contribution is 0.0732. The van der Waals surface area contributed by atoms with Crippen molar-refractivity contribution in [2.45, 2.75) is 46.1 Å². The first-order valence-corrected chi connectivity index (χ1v) is 8.75. The summed E-state index contributed by atoms with van der Waals surface area (Å²) >= 11 is 3.47.